The molecule has 20 nitrogen and oxygen atoms in total. The number of Topliss-reactive ketones (excluding diaryl/α,β-unsaturated/α-hetero) is 1. The van der Waals surface area contributed by atoms with E-state index in [0.717, 1.165) is 26.9 Å². The number of aryl methyl sites for hydroxylation is 1. The summed E-state index contributed by atoms with van der Waals surface area (Å²) in [6.45, 7) is 6.57. The number of aromatic amines is 1. The molecule has 0 bridgehead atoms. The van der Waals surface area contributed by atoms with Gasteiger partial charge in [-0.1, -0.05) is 47.8 Å². The van der Waals surface area contributed by atoms with Gasteiger partial charge in [0.05, 0.1) is 69.6 Å². The van der Waals surface area contributed by atoms with Gasteiger partial charge in [-0.3, -0.25) is 28.8 Å². The van der Waals surface area contributed by atoms with Crippen molar-refractivity contribution in [1.82, 2.24) is 25.9 Å². The molecular weight excluding hydrogens is 1220 g/mol. The van der Waals surface area contributed by atoms with E-state index < -0.39 is 77.0 Å². The summed E-state index contributed by atoms with van der Waals surface area (Å²) < 4.78 is 90.4. The number of urea groups is 1. The number of nitrogens with one attached hydrogen (secondary N) is 5. The topological polar surface area (TPSA) is 266 Å². The maximum atomic E-state index is 13.8. The van der Waals surface area contributed by atoms with Gasteiger partial charge in [-0.2, -0.15) is 8.78 Å². The van der Waals surface area contributed by atoms with Crippen molar-refractivity contribution in [2.75, 3.05) is 62.9 Å². The molecule has 6 aromatic rings. The maximum absolute atomic E-state index is 13.8. The molecule has 88 heavy (non-hydrogen) atoms. The fraction of sp³-hybridized carbons (Fsp3) is 0.355. The number of ether oxygens (including phenoxy) is 4. The third-order valence-corrected chi connectivity index (χ3v) is 14.1. The van der Waals surface area contributed by atoms with Crippen molar-refractivity contribution in [2.45, 2.75) is 78.6 Å². The molecule has 0 radical (unpaired) electrons. The molecule has 0 saturated carbocycles. The lowest BCUT2D eigenvalue weighted by Gasteiger charge is -2.24. The van der Waals surface area contributed by atoms with Gasteiger partial charge < -0.3 is 63.3 Å². The van der Waals surface area contributed by atoms with E-state index in [4.69, 9.17) is 26.4 Å². The molecule has 470 valence electrons. The van der Waals surface area contributed by atoms with Crippen LogP contribution in [0, 0.1) is 67.6 Å². The van der Waals surface area contributed by atoms with Crippen LogP contribution in [-0.2, 0) is 53.0 Å². The van der Waals surface area contributed by atoms with Crippen LogP contribution in [0.3, 0.4) is 0 Å². The molecule has 2 atom stereocenters. The highest BCUT2D eigenvalue weighted by molar-refractivity contribution is 9.10. The van der Waals surface area contributed by atoms with Crippen molar-refractivity contribution in [3.8, 4) is 18.1 Å². The highest BCUT2D eigenvalue weighted by atomic mass is 79.9. The first-order valence-corrected chi connectivity index (χ1v) is 28.4. The second-order valence-corrected chi connectivity index (χ2v) is 21.1. The number of hydrogen-bond acceptors (Lipinski definition) is 13. The number of pyridine rings is 1. The Hall–Kier alpha value is -8.64. The molecule has 0 saturated heterocycles. The van der Waals surface area contributed by atoms with E-state index in [1.54, 1.807) is 51.1 Å². The van der Waals surface area contributed by atoms with Crippen LogP contribution in [0.15, 0.2) is 94.5 Å². The number of esters is 1. The van der Waals surface area contributed by atoms with Gasteiger partial charge in [-0.15, -0.1) is 6.42 Å². The van der Waals surface area contributed by atoms with E-state index in [9.17, 15) is 55.5 Å². The summed E-state index contributed by atoms with van der Waals surface area (Å²) in [5.41, 5.74) is 9.87. The van der Waals surface area contributed by atoms with Crippen LogP contribution < -0.4 is 46.8 Å². The smallest absolute Gasteiger partial charge is 0.313 e. The van der Waals surface area contributed by atoms with Crippen LogP contribution in [-0.4, -0.2) is 104 Å². The molecule has 5 amide bonds. The molecular formula is C62H69BrF5N9O11. The highest BCUT2D eigenvalue weighted by Crippen LogP contribution is 2.30. The number of nitrogens with two attached hydrogens (primary N) is 1. The summed E-state index contributed by atoms with van der Waals surface area (Å²) in [4.78, 5) is 98.9. The third-order valence-electron chi connectivity index (χ3n) is 13.3. The minimum Gasteiger partial charge on any atom is -0.420 e. The van der Waals surface area contributed by atoms with Gasteiger partial charge in [-0.05, 0) is 85.8 Å². The van der Waals surface area contributed by atoms with Crippen molar-refractivity contribution in [2.24, 2.45) is 17.6 Å². The van der Waals surface area contributed by atoms with Gasteiger partial charge in [0.25, 0.3) is 11.5 Å². The predicted molar refractivity (Wildman–Crippen MR) is 320 cm³/mol. The molecule has 26 heteroatoms. The molecule has 4 aromatic carbocycles. The monoisotopic (exact) mass is 1290 g/mol. The molecule has 0 aliphatic carbocycles. The van der Waals surface area contributed by atoms with Crippen molar-refractivity contribution < 1.29 is 74.2 Å². The Bertz CT molecular complexity index is 3490. The number of aromatic nitrogens is 3. The highest BCUT2D eigenvalue weighted by Gasteiger charge is 2.31. The number of primary amides is 1. The SMILES string of the molecule is C#CCN(Cc1cc2c(=O)[nH]c(C)nc2cc1Br)c1ccc(C(=O)NCc2ccc[n+](Cc3ccc(NC(=O)[C@H](CCCNC(N)=O)CC(=O)[C@@H](NC(=O)CCOCCOCCOCCC(=O)Oc4c(F)c(F)c(F)c(F)c4F)C(C)C)cc3)c2)cc1.[CH3-]. The summed E-state index contributed by atoms with van der Waals surface area (Å²) in [6.07, 6.45) is 9.19. The Morgan fingerprint density at radius 2 is 1.47 bits per heavy atom. The molecule has 0 aliphatic rings. The number of nitrogens with zero attached hydrogens (tertiary/aromatic N) is 3. The van der Waals surface area contributed by atoms with Gasteiger partial charge in [0.1, 0.15) is 5.82 Å². The van der Waals surface area contributed by atoms with Crippen molar-refractivity contribution in [3.05, 3.63) is 165 Å². The van der Waals surface area contributed by atoms with E-state index in [0.29, 0.717) is 47.5 Å². The minimum atomic E-state index is -2.39. The maximum Gasteiger partial charge on any atom is 0.313 e. The van der Waals surface area contributed by atoms with E-state index in [-0.39, 0.29) is 109 Å². The Balaban J connectivity index is 0.0000141. The number of anilines is 2. The zero-order valence-electron chi connectivity index (χ0n) is 48.9. The quantitative estimate of drug-likeness (QED) is 0.00267. The lowest BCUT2D eigenvalue weighted by atomic mass is 9.89. The van der Waals surface area contributed by atoms with Gasteiger partial charge >= 0.3 is 12.0 Å². The number of benzene rings is 4. The van der Waals surface area contributed by atoms with Crippen molar-refractivity contribution in [1.29, 1.82) is 0 Å². The molecule has 2 heterocycles. The Labute approximate surface area is 513 Å². The molecule has 6 rings (SSSR count). The summed E-state index contributed by atoms with van der Waals surface area (Å²) in [5.74, 6) is -14.0. The average Bonchev–Trinajstić information content (AvgIpc) is 1.06. The normalized spacial score (nSPS) is 11.7. The van der Waals surface area contributed by atoms with Gasteiger partial charge in [-0.25, -0.2) is 27.5 Å². The van der Waals surface area contributed by atoms with Crippen LogP contribution >= 0.6 is 15.9 Å². The molecule has 0 unspecified atom stereocenters. The number of rotatable bonds is 33. The lowest BCUT2D eigenvalue weighted by Crippen LogP contribution is -2.45. The van der Waals surface area contributed by atoms with Crippen molar-refractivity contribution in [3.63, 3.8) is 0 Å². The zero-order valence-corrected chi connectivity index (χ0v) is 50.5. The molecule has 0 fully saturated rings. The number of terminal acetylenes is 1. The van der Waals surface area contributed by atoms with Gasteiger partial charge in [0.2, 0.25) is 46.6 Å². The van der Waals surface area contributed by atoms with Crippen LogP contribution in [0.4, 0.5) is 38.1 Å². The van der Waals surface area contributed by atoms with E-state index in [1.165, 1.54) is 0 Å². The summed E-state index contributed by atoms with van der Waals surface area (Å²) in [5, 5.41) is 11.6. The van der Waals surface area contributed by atoms with Crippen LogP contribution in [0.1, 0.15) is 78.8 Å². The van der Waals surface area contributed by atoms with Gasteiger partial charge in [0, 0.05) is 77.0 Å². The first-order chi connectivity index (χ1) is 41.6. The number of H-pyrrole nitrogens is 1. The number of halogens is 6. The molecule has 0 spiro atoms. The molecule has 2 aromatic heterocycles. The second-order valence-electron chi connectivity index (χ2n) is 20.3. The lowest BCUT2D eigenvalue weighted by molar-refractivity contribution is -0.688. The van der Waals surface area contributed by atoms with E-state index in [1.807, 2.05) is 64.3 Å². The fourth-order valence-corrected chi connectivity index (χ4v) is 9.31. The van der Waals surface area contributed by atoms with Crippen molar-refractivity contribution >= 4 is 73.7 Å². The largest absolute Gasteiger partial charge is 0.420 e. The number of amides is 5. The summed E-state index contributed by atoms with van der Waals surface area (Å²) >= 11 is 3.62. The fourth-order valence-electron chi connectivity index (χ4n) is 8.86. The van der Waals surface area contributed by atoms with Crippen LogP contribution in [0.25, 0.3) is 10.9 Å². The van der Waals surface area contributed by atoms with E-state index >= 15 is 0 Å². The number of carbonyl (C=O) groups is 6. The average molecular weight is 1290 g/mol. The second kappa shape index (κ2) is 34.6. The Morgan fingerprint density at radius 3 is 2.10 bits per heavy atom. The van der Waals surface area contributed by atoms with E-state index in [2.05, 4.69) is 57.8 Å². The number of fused-ring (bicyclic) bond motifs is 1. The molecule has 7 N–H and O–H groups in total. The number of carbonyl (C=O) groups excluding carboxylic acids is 6. The van der Waals surface area contributed by atoms with Gasteiger partial charge in [0.15, 0.2) is 24.7 Å². The number of ketones is 1. The predicted octanol–water partition coefficient (Wildman–Crippen LogP) is 7.58. The first-order valence-electron chi connectivity index (χ1n) is 27.6. The van der Waals surface area contributed by atoms with Crippen LogP contribution in [0.2, 0.25) is 0 Å². The first kappa shape index (κ1) is 70.1. The Morgan fingerprint density at radius 1 is 0.830 bits per heavy atom. The summed E-state index contributed by atoms with van der Waals surface area (Å²) in [6, 6.07) is 20.0. The third kappa shape index (κ3) is 21.1. The summed E-state index contributed by atoms with van der Waals surface area (Å²) in [7, 11) is 0. The molecule has 0 aliphatic heterocycles. The zero-order chi connectivity index (χ0) is 63.2. The minimum absolute atomic E-state index is 0. The number of hydrogen-bond donors (Lipinski definition) is 6. The Kier molecular flexibility index (Phi) is 27.6. The van der Waals surface area contributed by atoms with Crippen LogP contribution in [0.5, 0.6) is 5.75 Å². The standard InChI is InChI=1S/C61H65BrF5N9O11.CH3/c1-5-21-76(35-42-29-45-47(31-46(42)62)71-37(4)72-60(45)82)44-16-12-40(13-17-44)58(80)70-32-39-8-7-22-75(34-39)33-38-10-14-43(15-11-38)73-59(81)41(9-6-20-69-61(68)83)30-48(77)56(36(2)3)74-49(78)18-23-84-25-27-86-28-26-85-24-19-50(79)87-57-54(66)52(64)51(63)53(65)55(57)67;/h1,7-8,10-17,22,29,31,34,36,41,56H,6,9,18-21,23-28,30,32-33,35H2,2-4H3,(H6-,68,69,70,71,72,73,74,78,80,81,82,83);1H3/q;-1/p+1/t41-,56+;/m1./s1.